The molecule has 24 heavy (non-hydrogen) atoms. The number of benzene rings is 1. The Labute approximate surface area is 163 Å². The molecule has 4 nitrogen and oxygen atoms in total. The van der Waals surface area contributed by atoms with Crippen LogP contribution in [0.25, 0.3) is 0 Å². The standard InChI is InChI=1S/C19H30N4.HI/c1-20-19(21-11-5-8-17-9-10-17)23-14-12-22(13-15-23)16-18-6-3-2-4-7-18;/h2-4,6-7,17H,5,8-16H2,1H3,(H,20,21);1H. The predicted octanol–water partition coefficient (Wildman–Crippen LogP) is 3.19. The van der Waals surface area contributed by atoms with E-state index in [4.69, 9.17) is 0 Å². The molecule has 1 aliphatic carbocycles. The summed E-state index contributed by atoms with van der Waals surface area (Å²) >= 11 is 0. The lowest BCUT2D eigenvalue weighted by Crippen LogP contribution is -2.52. The van der Waals surface area contributed by atoms with Gasteiger partial charge < -0.3 is 10.2 Å². The smallest absolute Gasteiger partial charge is 0.193 e. The highest BCUT2D eigenvalue weighted by atomic mass is 127. The van der Waals surface area contributed by atoms with Crippen molar-refractivity contribution in [2.24, 2.45) is 10.9 Å². The highest BCUT2D eigenvalue weighted by molar-refractivity contribution is 14.0. The van der Waals surface area contributed by atoms with Crippen LogP contribution in [0.4, 0.5) is 0 Å². The summed E-state index contributed by atoms with van der Waals surface area (Å²) in [6.07, 6.45) is 5.57. The molecule has 1 saturated heterocycles. The van der Waals surface area contributed by atoms with Gasteiger partial charge in [-0.1, -0.05) is 43.2 Å². The Morgan fingerprint density at radius 3 is 2.46 bits per heavy atom. The van der Waals surface area contributed by atoms with Gasteiger partial charge in [0.2, 0.25) is 0 Å². The first-order valence-corrected chi connectivity index (χ1v) is 9.07. The van der Waals surface area contributed by atoms with E-state index in [1.807, 2.05) is 7.05 Å². The maximum atomic E-state index is 4.47. The van der Waals surface area contributed by atoms with Crippen molar-refractivity contribution >= 4 is 29.9 Å². The van der Waals surface area contributed by atoms with E-state index in [0.29, 0.717) is 0 Å². The first kappa shape index (κ1) is 19.5. The molecule has 1 aromatic rings. The van der Waals surface area contributed by atoms with Gasteiger partial charge in [-0.3, -0.25) is 9.89 Å². The van der Waals surface area contributed by atoms with Crippen molar-refractivity contribution < 1.29 is 0 Å². The molecule has 1 saturated carbocycles. The van der Waals surface area contributed by atoms with Gasteiger partial charge in [0.15, 0.2) is 5.96 Å². The molecule has 0 atom stereocenters. The van der Waals surface area contributed by atoms with Crippen molar-refractivity contribution in [1.82, 2.24) is 15.1 Å². The van der Waals surface area contributed by atoms with Crippen LogP contribution in [0, 0.1) is 5.92 Å². The van der Waals surface area contributed by atoms with Gasteiger partial charge in [-0.2, -0.15) is 0 Å². The van der Waals surface area contributed by atoms with E-state index in [0.717, 1.165) is 51.1 Å². The third-order valence-electron chi connectivity index (χ3n) is 4.90. The van der Waals surface area contributed by atoms with E-state index in [1.165, 1.54) is 31.2 Å². The van der Waals surface area contributed by atoms with Crippen LogP contribution in [0.15, 0.2) is 35.3 Å². The van der Waals surface area contributed by atoms with E-state index in [2.05, 4.69) is 50.4 Å². The van der Waals surface area contributed by atoms with Crippen LogP contribution in [-0.2, 0) is 6.54 Å². The molecule has 1 aliphatic heterocycles. The number of aliphatic imine (C=N–C) groups is 1. The molecule has 0 aromatic heterocycles. The van der Waals surface area contributed by atoms with E-state index in [9.17, 15) is 0 Å². The number of piperazine rings is 1. The van der Waals surface area contributed by atoms with Crippen molar-refractivity contribution in [2.75, 3.05) is 39.8 Å². The highest BCUT2D eigenvalue weighted by Gasteiger charge is 2.21. The van der Waals surface area contributed by atoms with Crippen LogP contribution in [0.2, 0.25) is 0 Å². The van der Waals surface area contributed by atoms with Crippen molar-refractivity contribution in [3.05, 3.63) is 35.9 Å². The minimum absolute atomic E-state index is 0. The zero-order chi connectivity index (χ0) is 15.9. The minimum atomic E-state index is 0. The zero-order valence-corrected chi connectivity index (χ0v) is 17.1. The summed E-state index contributed by atoms with van der Waals surface area (Å²) in [4.78, 5) is 9.40. The summed E-state index contributed by atoms with van der Waals surface area (Å²) in [7, 11) is 1.90. The number of hydrogen-bond donors (Lipinski definition) is 1. The Kier molecular flexibility index (Phi) is 8.32. The van der Waals surface area contributed by atoms with E-state index in [-0.39, 0.29) is 24.0 Å². The monoisotopic (exact) mass is 442 g/mol. The molecule has 0 radical (unpaired) electrons. The molecule has 1 heterocycles. The molecule has 0 unspecified atom stereocenters. The SMILES string of the molecule is CN=C(NCCCC1CC1)N1CCN(Cc2ccccc2)CC1.I. The van der Waals surface area contributed by atoms with Crippen LogP contribution in [0.3, 0.4) is 0 Å². The summed E-state index contributed by atoms with van der Waals surface area (Å²) in [5.41, 5.74) is 1.41. The predicted molar refractivity (Wildman–Crippen MR) is 112 cm³/mol. The summed E-state index contributed by atoms with van der Waals surface area (Å²) in [6, 6.07) is 10.8. The molecule has 0 amide bonds. The van der Waals surface area contributed by atoms with Gasteiger partial charge in [-0.25, -0.2) is 0 Å². The van der Waals surface area contributed by atoms with Crippen molar-refractivity contribution in [3.63, 3.8) is 0 Å². The van der Waals surface area contributed by atoms with Crippen molar-refractivity contribution in [3.8, 4) is 0 Å². The number of nitrogens with one attached hydrogen (secondary N) is 1. The molecule has 0 bridgehead atoms. The quantitative estimate of drug-likeness (QED) is 0.318. The third kappa shape index (κ3) is 6.24. The third-order valence-corrected chi connectivity index (χ3v) is 4.90. The Morgan fingerprint density at radius 1 is 1.12 bits per heavy atom. The number of nitrogens with zero attached hydrogens (tertiary/aromatic N) is 3. The molecular formula is C19H31IN4. The molecule has 0 spiro atoms. The molecule has 3 rings (SSSR count). The first-order valence-electron chi connectivity index (χ1n) is 9.07. The maximum Gasteiger partial charge on any atom is 0.193 e. The van der Waals surface area contributed by atoms with Gasteiger partial charge in [0.25, 0.3) is 0 Å². The Morgan fingerprint density at radius 2 is 1.83 bits per heavy atom. The van der Waals surface area contributed by atoms with E-state index >= 15 is 0 Å². The fourth-order valence-electron chi connectivity index (χ4n) is 3.29. The normalized spacial score (nSPS) is 19.0. The first-order chi connectivity index (χ1) is 11.3. The minimum Gasteiger partial charge on any atom is -0.356 e. The van der Waals surface area contributed by atoms with E-state index < -0.39 is 0 Å². The molecule has 134 valence electrons. The van der Waals surface area contributed by atoms with Crippen molar-refractivity contribution in [2.45, 2.75) is 32.2 Å². The van der Waals surface area contributed by atoms with Gasteiger partial charge in [0.1, 0.15) is 0 Å². The maximum absolute atomic E-state index is 4.47. The summed E-state index contributed by atoms with van der Waals surface area (Å²) in [6.45, 7) is 6.47. The largest absolute Gasteiger partial charge is 0.356 e. The lowest BCUT2D eigenvalue weighted by Gasteiger charge is -2.36. The molecule has 2 aliphatic rings. The molecule has 2 fully saturated rings. The Hall–Kier alpha value is -0.820. The van der Waals surface area contributed by atoms with Gasteiger partial charge in [0, 0.05) is 46.3 Å². The van der Waals surface area contributed by atoms with Gasteiger partial charge in [-0.15, -0.1) is 24.0 Å². The number of hydrogen-bond acceptors (Lipinski definition) is 2. The second-order valence-corrected chi connectivity index (χ2v) is 6.81. The van der Waals surface area contributed by atoms with Crippen LogP contribution < -0.4 is 5.32 Å². The van der Waals surface area contributed by atoms with E-state index in [1.54, 1.807) is 0 Å². The van der Waals surface area contributed by atoms with Gasteiger partial charge >= 0.3 is 0 Å². The second kappa shape index (κ2) is 10.2. The van der Waals surface area contributed by atoms with Gasteiger partial charge in [-0.05, 0) is 24.3 Å². The topological polar surface area (TPSA) is 30.9 Å². The van der Waals surface area contributed by atoms with Crippen LogP contribution in [-0.4, -0.2) is 55.5 Å². The number of guanidine groups is 1. The zero-order valence-electron chi connectivity index (χ0n) is 14.8. The Balaban J connectivity index is 0.00000208. The number of halogens is 1. The molecule has 5 heteroatoms. The second-order valence-electron chi connectivity index (χ2n) is 6.81. The Bertz CT molecular complexity index is 493. The summed E-state index contributed by atoms with van der Waals surface area (Å²) < 4.78 is 0. The average Bonchev–Trinajstić information content (AvgIpc) is 3.41. The lowest BCUT2D eigenvalue weighted by molar-refractivity contribution is 0.172. The number of rotatable bonds is 6. The summed E-state index contributed by atoms with van der Waals surface area (Å²) in [5, 5.41) is 3.54. The fraction of sp³-hybridized carbons (Fsp3) is 0.632. The highest BCUT2D eigenvalue weighted by Crippen LogP contribution is 2.33. The van der Waals surface area contributed by atoms with Crippen LogP contribution >= 0.6 is 24.0 Å². The molecular weight excluding hydrogens is 411 g/mol. The molecule has 1 aromatic carbocycles. The van der Waals surface area contributed by atoms with Crippen LogP contribution in [0.5, 0.6) is 0 Å². The van der Waals surface area contributed by atoms with Crippen LogP contribution in [0.1, 0.15) is 31.2 Å². The fourth-order valence-corrected chi connectivity index (χ4v) is 3.29. The average molecular weight is 442 g/mol. The molecule has 1 N–H and O–H groups in total. The van der Waals surface area contributed by atoms with Gasteiger partial charge in [0.05, 0.1) is 0 Å². The lowest BCUT2D eigenvalue weighted by atomic mass is 10.2. The summed E-state index contributed by atoms with van der Waals surface area (Å²) in [5.74, 6) is 2.11. The van der Waals surface area contributed by atoms with Crippen molar-refractivity contribution in [1.29, 1.82) is 0 Å².